The van der Waals surface area contributed by atoms with Crippen LogP contribution in [0, 0.1) is 5.92 Å². The summed E-state index contributed by atoms with van der Waals surface area (Å²) in [6.45, 7) is 2.35. The number of hydrogen-bond acceptors (Lipinski definition) is 9. The summed E-state index contributed by atoms with van der Waals surface area (Å²) in [4.78, 5) is 47.3. The number of aliphatic carboxylic acids is 1. The molecule has 5 aromatic rings. The number of methoxy groups -OCH3 is 1. The minimum atomic E-state index is -0.822. The molecule has 0 bridgehead atoms. The molecule has 0 aliphatic carbocycles. The lowest BCUT2D eigenvalue weighted by atomic mass is 10.00. The number of halogens is 2. The fourth-order valence-electron chi connectivity index (χ4n) is 6.43. The normalized spacial score (nSPS) is 16.5. The van der Waals surface area contributed by atoms with Crippen molar-refractivity contribution in [2.24, 2.45) is 13.0 Å². The van der Waals surface area contributed by atoms with E-state index in [2.05, 4.69) is 20.7 Å². The number of carboxylic acids is 1. The van der Waals surface area contributed by atoms with Crippen molar-refractivity contribution in [1.29, 1.82) is 0 Å². The van der Waals surface area contributed by atoms with Gasteiger partial charge in [-0.25, -0.2) is 9.50 Å². The minimum Gasteiger partial charge on any atom is -0.481 e. The summed E-state index contributed by atoms with van der Waals surface area (Å²) < 4.78 is 8.62. The number of carbonyl (C=O) groups excluding carboxylic acids is 1. The number of amides is 1. The third-order valence-corrected chi connectivity index (χ3v) is 10.0. The molecular formula is C35H34Cl2N8O5. The highest BCUT2D eigenvalue weighted by Crippen LogP contribution is 2.41. The molecule has 0 spiro atoms. The molecule has 2 fully saturated rings. The molecule has 1 atom stereocenters. The van der Waals surface area contributed by atoms with Gasteiger partial charge in [0.1, 0.15) is 11.3 Å². The van der Waals surface area contributed by atoms with E-state index in [1.807, 2.05) is 35.2 Å². The molecule has 50 heavy (non-hydrogen) atoms. The molecule has 13 nitrogen and oxygen atoms in total. The van der Waals surface area contributed by atoms with Crippen LogP contribution in [0.5, 0.6) is 5.88 Å². The Bertz CT molecular complexity index is 2200. The van der Waals surface area contributed by atoms with Crippen molar-refractivity contribution in [3.63, 3.8) is 0 Å². The number of nitrogens with one attached hydrogen (secondary N) is 2. The SMILES string of the molecule is COc1nc(-c2cccc(-c3ccnc(-c4cc5c(=O)n(C)c(CN6CC(C(=O)O)C6)nn5c4)c3Cl)c2Cl)ccc1CNC[C@@H]1CCC(=O)N1. The van der Waals surface area contributed by atoms with Crippen molar-refractivity contribution >= 4 is 40.6 Å². The predicted octanol–water partition coefficient (Wildman–Crippen LogP) is 4.02. The summed E-state index contributed by atoms with van der Waals surface area (Å²) in [6, 6.07) is 13.1. The van der Waals surface area contributed by atoms with E-state index in [0.717, 1.165) is 12.0 Å². The van der Waals surface area contributed by atoms with Crippen LogP contribution in [-0.4, -0.2) is 78.8 Å². The van der Waals surface area contributed by atoms with E-state index in [9.17, 15) is 19.5 Å². The van der Waals surface area contributed by atoms with Crippen LogP contribution in [-0.2, 0) is 29.7 Å². The summed E-state index contributed by atoms with van der Waals surface area (Å²) in [7, 11) is 3.23. The number of pyridine rings is 2. The van der Waals surface area contributed by atoms with Gasteiger partial charge in [0.15, 0.2) is 0 Å². The zero-order valence-electron chi connectivity index (χ0n) is 27.3. The maximum atomic E-state index is 13.3. The second-order valence-corrected chi connectivity index (χ2v) is 13.3. The number of likely N-dealkylation sites (tertiary alicyclic amines) is 1. The zero-order valence-corrected chi connectivity index (χ0v) is 28.8. The van der Waals surface area contributed by atoms with Crippen LogP contribution in [0.1, 0.15) is 24.2 Å². The second-order valence-electron chi connectivity index (χ2n) is 12.6. The molecule has 0 radical (unpaired) electrons. The topological polar surface area (TPSA) is 156 Å². The number of carbonyl (C=O) groups is 2. The van der Waals surface area contributed by atoms with Crippen molar-refractivity contribution in [1.82, 2.24) is 39.7 Å². The Morgan fingerprint density at radius 3 is 2.62 bits per heavy atom. The first kappa shape index (κ1) is 33.7. The van der Waals surface area contributed by atoms with E-state index in [1.165, 1.54) is 9.08 Å². The number of ether oxygens (including phenoxy) is 1. The van der Waals surface area contributed by atoms with Gasteiger partial charge in [-0.1, -0.05) is 47.5 Å². The predicted molar refractivity (Wildman–Crippen MR) is 188 cm³/mol. The van der Waals surface area contributed by atoms with Gasteiger partial charge in [0.05, 0.1) is 41.0 Å². The molecule has 2 saturated heterocycles. The van der Waals surface area contributed by atoms with Crippen LogP contribution < -0.4 is 20.9 Å². The van der Waals surface area contributed by atoms with Gasteiger partial charge in [0.2, 0.25) is 11.8 Å². The van der Waals surface area contributed by atoms with Crippen molar-refractivity contribution in [2.45, 2.75) is 32.0 Å². The minimum absolute atomic E-state index is 0.0825. The average molecular weight is 718 g/mol. The van der Waals surface area contributed by atoms with E-state index in [4.69, 9.17) is 32.9 Å². The molecule has 6 heterocycles. The monoisotopic (exact) mass is 716 g/mol. The molecule has 4 aromatic heterocycles. The summed E-state index contributed by atoms with van der Waals surface area (Å²) in [6.07, 6.45) is 4.72. The van der Waals surface area contributed by atoms with Gasteiger partial charge in [-0.15, -0.1) is 0 Å². The van der Waals surface area contributed by atoms with E-state index in [0.29, 0.717) is 100 Å². The fraction of sp³-hybridized carbons (Fsp3) is 0.314. The highest BCUT2D eigenvalue weighted by molar-refractivity contribution is 6.39. The van der Waals surface area contributed by atoms with Gasteiger partial charge >= 0.3 is 5.97 Å². The maximum Gasteiger partial charge on any atom is 0.309 e. The number of hydrogen-bond donors (Lipinski definition) is 3. The number of carboxylic acid groups (broad SMARTS) is 1. The number of aromatic nitrogens is 5. The fourth-order valence-corrected chi connectivity index (χ4v) is 7.08. The van der Waals surface area contributed by atoms with Crippen LogP contribution in [0.2, 0.25) is 10.0 Å². The number of fused-ring (bicyclic) bond motifs is 1. The first-order valence-corrected chi connectivity index (χ1v) is 16.9. The Morgan fingerprint density at radius 1 is 1.10 bits per heavy atom. The van der Waals surface area contributed by atoms with E-state index >= 15 is 0 Å². The standard InChI is InChI=1S/C35H34Cl2N8O5/c1-43-28(18-44-15-21(16-44)35(48)49)42-45-17-20(12-27(45)34(43)47)32-31(37)24(10-11-39-32)23-4-3-5-25(30(23)36)26-8-6-19(33(41-26)50-2)13-38-14-22-7-9-29(46)40-22/h3-6,8,10-12,17,21-22,38H,7,9,13-16,18H2,1-2H3,(H,40,46)(H,48,49)/t22-/m0/s1. The second kappa shape index (κ2) is 13.8. The van der Waals surface area contributed by atoms with E-state index in [-0.39, 0.29) is 17.5 Å². The highest BCUT2D eigenvalue weighted by Gasteiger charge is 2.33. The molecule has 2 aliphatic heterocycles. The Morgan fingerprint density at radius 2 is 1.88 bits per heavy atom. The first-order valence-electron chi connectivity index (χ1n) is 16.1. The summed E-state index contributed by atoms with van der Waals surface area (Å²) in [5, 5.41) is 21.0. The summed E-state index contributed by atoms with van der Waals surface area (Å²) in [5.41, 5.74) is 4.69. The first-order chi connectivity index (χ1) is 24.1. The van der Waals surface area contributed by atoms with Crippen LogP contribution in [0.3, 0.4) is 0 Å². The lowest BCUT2D eigenvalue weighted by Gasteiger charge is -2.36. The van der Waals surface area contributed by atoms with Gasteiger partial charge < -0.3 is 20.5 Å². The maximum absolute atomic E-state index is 13.3. The van der Waals surface area contributed by atoms with Crippen molar-refractivity contribution in [3.8, 4) is 39.5 Å². The molecule has 0 saturated carbocycles. The van der Waals surface area contributed by atoms with Crippen LogP contribution in [0.25, 0.3) is 39.2 Å². The summed E-state index contributed by atoms with van der Waals surface area (Å²) >= 11 is 14.1. The zero-order chi connectivity index (χ0) is 35.1. The van der Waals surface area contributed by atoms with E-state index < -0.39 is 11.9 Å². The number of rotatable bonds is 11. The molecule has 1 amide bonds. The van der Waals surface area contributed by atoms with Gasteiger partial charge in [0.25, 0.3) is 5.56 Å². The molecule has 15 heteroatoms. The van der Waals surface area contributed by atoms with Crippen LogP contribution in [0.15, 0.2) is 59.7 Å². The third-order valence-electron chi connectivity index (χ3n) is 9.26. The largest absolute Gasteiger partial charge is 0.481 e. The molecule has 0 unspecified atom stereocenters. The van der Waals surface area contributed by atoms with Crippen molar-refractivity contribution in [3.05, 3.63) is 86.6 Å². The van der Waals surface area contributed by atoms with Gasteiger partial charge in [-0.2, -0.15) is 5.10 Å². The Balaban J connectivity index is 1.15. The molecule has 258 valence electrons. The Hall–Kier alpha value is -4.82. The van der Waals surface area contributed by atoms with Gasteiger partial charge in [-0.3, -0.25) is 28.8 Å². The smallest absolute Gasteiger partial charge is 0.309 e. The molecule has 2 aliphatic rings. The van der Waals surface area contributed by atoms with Gasteiger partial charge in [0, 0.05) is 85.9 Å². The number of nitrogens with zero attached hydrogens (tertiary/aromatic N) is 6. The Kier molecular flexibility index (Phi) is 9.31. The lowest BCUT2D eigenvalue weighted by molar-refractivity contribution is -0.147. The third kappa shape index (κ3) is 6.44. The van der Waals surface area contributed by atoms with Crippen molar-refractivity contribution in [2.75, 3.05) is 26.7 Å². The molecular weight excluding hydrogens is 683 g/mol. The Labute approximate surface area is 296 Å². The van der Waals surface area contributed by atoms with Crippen LogP contribution in [0.4, 0.5) is 0 Å². The lowest BCUT2D eigenvalue weighted by Crippen LogP contribution is -2.50. The number of benzene rings is 1. The molecule has 1 aromatic carbocycles. The molecule has 7 rings (SSSR count). The van der Waals surface area contributed by atoms with Crippen molar-refractivity contribution < 1.29 is 19.4 Å². The quantitative estimate of drug-likeness (QED) is 0.183. The average Bonchev–Trinajstić information content (AvgIpc) is 3.71. The van der Waals surface area contributed by atoms with E-state index in [1.54, 1.807) is 38.7 Å². The van der Waals surface area contributed by atoms with Gasteiger partial charge in [-0.05, 0) is 24.6 Å². The highest BCUT2D eigenvalue weighted by atomic mass is 35.5. The van der Waals surface area contributed by atoms with Crippen LogP contribution >= 0.6 is 23.2 Å². The molecule has 3 N–H and O–H groups in total. The summed E-state index contributed by atoms with van der Waals surface area (Å²) in [5.74, 6) is -0.168.